The first-order valence-electron chi connectivity index (χ1n) is 5.98. The Morgan fingerprint density at radius 1 is 1.41 bits per heavy atom. The molecule has 0 unspecified atom stereocenters. The van der Waals surface area contributed by atoms with Gasteiger partial charge in [0.25, 0.3) is 0 Å². The number of nitrogens with zero attached hydrogens (tertiary/aromatic N) is 3. The third-order valence-corrected chi connectivity index (χ3v) is 4.68. The van der Waals surface area contributed by atoms with Gasteiger partial charge >= 0.3 is 0 Å². The molecular formula is C11H19N3O2S. The minimum absolute atomic E-state index is 0.392. The van der Waals surface area contributed by atoms with Crippen LogP contribution in [-0.4, -0.2) is 41.6 Å². The van der Waals surface area contributed by atoms with E-state index in [0.717, 1.165) is 25.2 Å². The van der Waals surface area contributed by atoms with Gasteiger partial charge in [0.15, 0.2) is 0 Å². The standard InChI is InChI=1S/C11H19N3O2S/c1-3-13-9-6-12-11(13)10-4-7-14(8-5-10)17(2,15)16/h6,9-10H,3-5,7-8H2,1-2H3. The van der Waals surface area contributed by atoms with Gasteiger partial charge in [0.1, 0.15) is 5.82 Å². The molecule has 0 saturated carbocycles. The molecule has 0 spiro atoms. The lowest BCUT2D eigenvalue weighted by Crippen LogP contribution is -2.37. The number of hydrogen-bond donors (Lipinski definition) is 0. The summed E-state index contributed by atoms with van der Waals surface area (Å²) in [4.78, 5) is 4.39. The Hall–Kier alpha value is -0.880. The minimum atomic E-state index is -3.03. The lowest BCUT2D eigenvalue weighted by molar-refractivity contribution is 0.311. The van der Waals surface area contributed by atoms with Crippen molar-refractivity contribution < 1.29 is 8.42 Å². The van der Waals surface area contributed by atoms with Crippen molar-refractivity contribution in [1.29, 1.82) is 0 Å². The van der Waals surface area contributed by atoms with Crippen LogP contribution >= 0.6 is 0 Å². The van der Waals surface area contributed by atoms with E-state index in [-0.39, 0.29) is 0 Å². The lowest BCUT2D eigenvalue weighted by atomic mass is 9.97. The van der Waals surface area contributed by atoms with Crippen molar-refractivity contribution in [2.45, 2.75) is 32.2 Å². The van der Waals surface area contributed by atoms with Crippen LogP contribution in [0.3, 0.4) is 0 Å². The molecule has 1 aliphatic heterocycles. The largest absolute Gasteiger partial charge is 0.335 e. The summed E-state index contributed by atoms with van der Waals surface area (Å²) in [6, 6.07) is 0. The van der Waals surface area contributed by atoms with Crippen LogP contribution in [-0.2, 0) is 16.6 Å². The normalized spacial score (nSPS) is 19.6. The maximum absolute atomic E-state index is 11.4. The molecular weight excluding hydrogens is 238 g/mol. The Bertz CT molecular complexity index is 473. The molecule has 1 saturated heterocycles. The Kier molecular flexibility index (Phi) is 3.53. The molecule has 17 heavy (non-hydrogen) atoms. The summed E-state index contributed by atoms with van der Waals surface area (Å²) in [6.07, 6.45) is 6.81. The fourth-order valence-electron chi connectivity index (χ4n) is 2.39. The minimum Gasteiger partial charge on any atom is -0.335 e. The van der Waals surface area contributed by atoms with E-state index in [2.05, 4.69) is 16.5 Å². The zero-order valence-electron chi connectivity index (χ0n) is 10.3. The molecule has 96 valence electrons. The molecule has 6 heteroatoms. The smallest absolute Gasteiger partial charge is 0.211 e. The van der Waals surface area contributed by atoms with Crippen molar-refractivity contribution in [3.63, 3.8) is 0 Å². The van der Waals surface area contributed by atoms with Gasteiger partial charge in [0.2, 0.25) is 10.0 Å². The summed E-state index contributed by atoms with van der Waals surface area (Å²) in [7, 11) is -3.03. The molecule has 1 aromatic heterocycles. The van der Waals surface area contributed by atoms with Gasteiger partial charge in [-0.15, -0.1) is 0 Å². The van der Waals surface area contributed by atoms with Crippen molar-refractivity contribution in [2.24, 2.45) is 0 Å². The highest BCUT2D eigenvalue weighted by atomic mass is 32.2. The van der Waals surface area contributed by atoms with Crippen LogP contribution in [0.2, 0.25) is 0 Å². The molecule has 2 heterocycles. The van der Waals surface area contributed by atoms with Crippen LogP contribution in [0.15, 0.2) is 12.4 Å². The quantitative estimate of drug-likeness (QED) is 0.813. The van der Waals surface area contributed by atoms with Gasteiger partial charge < -0.3 is 4.57 Å². The SMILES string of the molecule is CCn1ccnc1C1CCN(S(C)(=O)=O)CC1. The summed E-state index contributed by atoms with van der Waals surface area (Å²) in [6.45, 7) is 4.23. The third-order valence-electron chi connectivity index (χ3n) is 3.38. The van der Waals surface area contributed by atoms with Gasteiger partial charge in [0.05, 0.1) is 6.26 Å². The topological polar surface area (TPSA) is 55.2 Å². The first-order chi connectivity index (χ1) is 8.02. The number of piperidine rings is 1. The molecule has 0 aromatic carbocycles. The highest BCUT2D eigenvalue weighted by Crippen LogP contribution is 2.27. The number of rotatable bonds is 3. The van der Waals surface area contributed by atoms with Crippen LogP contribution in [0.25, 0.3) is 0 Å². The number of imidazole rings is 1. The van der Waals surface area contributed by atoms with Crippen LogP contribution in [0.4, 0.5) is 0 Å². The van der Waals surface area contributed by atoms with Gasteiger partial charge in [0, 0.05) is 37.9 Å². The summed E-state index contributed by atoms with van der Waals surface area (Å²) >= 11 is 0. The molecule has 1 aliphatic rings. The van der Waals surface area contributed by atoms with Crippen LogP contribution in [0, 0.1) is 0 Å². The zero-order valence-corrected chi connectivity index (χ0v) is 11.2. The third kappa shape index (κ3) is 2.69. The average molecular weight is 257 g/mol. The van der Waals surface area contributed by atoms with Crippen LogP contribution in [0.5, 0.6) is 0 Å². The molecule has 1 fully saturated rings. The van der Waals surface area contributed by atoms with Gasteiger partial charge in [-0.3, -0.25) is 0 Å². The molecule has 0 amide bonds. The van der Waals surface area contributed by atoms with Crippen LogP contribution in [0.1, 0.15) is 31.5 Å². The summed E-state index contributed by atoms with van der Waals surface area (Å²) in [5.41, 5.74) is 0. The van der Waals surface area contributed by atoms with E-state index in [0.29, 0.717) is 19.0 Å². The number of hydrogen-bond acceptors (Lipinski definition) is 3. The van der Waals surface area contributed by atoms with Crippen molar-refractivity contribution in [1.82, 2.24) is 13.9 Å². The second-order valence-electron chi connectivity index (χ2n) is 4.51. The highest BCUT2D eigenvalue weighted by Gasteiger charge is 2.27. The van der Waals surface area contributed by atoms with Crippen molar-refractivity contribution in [3.8, 4) is 0 Å². The molecule has 0 N–H and O–H groups in total. The van der Waals surface area contributed by atoms with E-state index in [1.807, 2.05) is 12.4 Å². The van der Waals surface area contributed by atoms with Gasteiger partial charge in [-0.25, -0.2) is 17.7 Å². The second-order valence-corrected chi connectivity index (χ2v) is 6.49. The van der Waals surface area contributed by atoms with E-state index in [4.69, 9.17) is 0 Å². The number of sulfonamides is 1. The number of aryl methyl sites for hydroxylation is 1. The fourth-order valence-corrected chi connectivity index (χ4v) is 3.27. The van der Waals surface area contributed by atoms with E-state index in [9.17, 15) is 8.42 Å². The first kappa shape index (κ1) is 12.6. The predicted molar refractivity (Wildman–Crippen MR) is 66.3 cm³/mol. The molecule has 5 nitrogen and oxygen atoms in total. The summed E-state index contributed by atoms with van der Waals surface area (Å²) in [5.74, 6) is 1.49. The molecule has 0 radical (unpaired) electrons. The van der Waals surface area contributed by atoms with E-state index >= 15 is 0 Å². The van der Waals surface area contributed by atoms with Gasteiger partial charge in [-0.1, -0.05) is 0 Å². The highest BCUT2D eigenvalue weighted by molar-refractivity contribution is 7.88. The van der Waals surface area contributed by atoms with E-state index < -0.39 is 10.0 Å². The van der Waals surface area contributed by atoms with E-state index in [1.54, 1.807) is 4.31 Å². The zero-order chi connectivity index (χ0) is 12.5. The average Bonchev–Trinajstić information content (AvgIpc) is 2.76. The molecule has 0 aliphatic carbocycles. The van der Waals surface area contributed by atoms with Crippen molar-refractivity contribution in [2.75, 3.05) is 19.3 Å². The Labute approximate surface area is 103 Å². The van der Waals surface area contributed by atoms with Crippen LogP contribution < -0.4 is 0 Å². The summed E-state index contributed by atoms with van der Waals surface area (Å²) in [5, 5.41) is 0. The maximum atomic E-state index is 11.4. The lowest BCUT2D eigenvalue weighted by Gasteiger charge is -2.30. The molecule has 0 atom stereocenters. The molecule has 1 aromatic rings. The Balaban J connectivity index is 2.05. The maximum Gasteiger partial charge on any atom is 0.211 e. The Morgan fingerprint density at radius 3 is 2.59 bits per heavy atom. The second kappa shape index (κ2) is 4.78. The first-order valence-corrected chi connectivity index (χ1v) is 7.83. The van der Waals surface area contributed by atoms with E-state index in [1.165, 1.54) is 6.26 Å². The predicted octanol–water partition coefficient (Wildman–Crippen LogP) is 1.04. The molecule has 2 rings (SSSR count). The molecule has 0 bridgehead atoms. The van der Waals surface area contributed by atoms with Crippen molar-refractivity contribution >= 4 is 10.0 Å². The van der Waals surface area contributed by atoms with Gasteiger partial charge in [-0.05, 0) is 19.8 Å². The number of aromatic nitrogens is 2. The van der Waals surface area contributed by atoms with Gasteiger partial charge in [-0.2, -0.15) is 0 Å². The summed E-state index contributed by atoms with van der Waals surface area (Å²) < 4.78 is 26.5. The Morgan fingerprint density at radius 2 is 2.06 bits per heavy atom. The fraction of sp³-hybridized carbons (Fsp3) is 0.727. The van der Waals surface area contributed by atoms with Crippen molar-refractivity contribution in [3.05, 3.63) is 18.2 Å². The monoisotopic (exact) mass is 257 g/mol.